The number of anilines is 2. The molecule has 1 saturated heterocycles. The number of nitrogens with zero attached hydrogens (tertiary/aromatic N) is 1. The highest BCUT2D eigenvalue weighted by Crippen LogP contribution is 2.28. The van der Waals surface area contributed by atoms with Gasteiger partial charge in [-0.2, -0.15) is 0 Å². The maximum absolute atomic E-state index is 12.9. The van der Waals surface area contributed by atoms with Crippen LogP contribution in [0.5, 0.6) is 0 Å². The van der Waals surface area contributed by atoms with E-state index in [-0.39, 0.29) is 17.9 Å². The number of hydrogen-bond acceptors (Lipinski definition) is 4. The summed E-state index contributed by atoms with van der Waals surface area (Å²) in [6, 6.07) is 9.39. The van der Waals surface area contributed by atoms with Crippen LogP contribution in [0.4, 0.5) is 11.4 Å². The molecule has 2 aromatic rings. The summed E-state index contributed by atoms with van der Waals surface area (Å²) in [6.45, 7) is 5.98. The van der Waals surface area contributed by atoms with Gasteiger partial charge in [0.15, 0.2) is 0 Å². The number of thiophene rings is 1. The fraction of sp³-hybridized carbons (Fsp3) is 0.429. The lowest BCUT2D eigenvalue weighted by atomic mass is 10.1. The van der Waals surface area contributed by atoms with Gasteiger partial charge in [0.1, 0.15) is 0 Å². The fourth-order valence-electron chi connectivity index (χ4n) is 3.21. The molecule has 2 heterocycles. The fourth-order valence-corrected chi connectivity index (χ4v) is 3.83. The molecule has 1 aliphatic heterocycles. The second kappa shape index (κ2) is 9.04. The molecule has 27 heavy (non-hydrogen) atoms. The molecule has 5 nitrogen and oxygen atoms in total. The Balaban J connectivity index is 1.87. The quantitative estimate of drug-likeness (QED) is 0.769. The minimum Gasteiger partial charge on any atom is -0.371 e. The zero-order valence-electron chi connectivity index (χ0n) is 16.0. The summed E-state index contributed by atoms with van der Waals surface area (Å²) in [7, 11) is 0. The first kappa shape index (κ1) is 19.4. The van der Waals surface area contributed by atoms with E-state index in [1.54, 1.807) is 12.1 Å². The van der Waals surface area contributed by atoms with E-state index in [2.05, 4.69) is 15.5 Å². The topological polar surface area (TPSA) is 61.4 Å². The molecule has 0 aliphatic carbocycles. The van der Waals surface area contributed by atoms with Crippen molar-refractivity contribution in [3.05, 3.63) is 46.2 Å². The van der Waals surface area contributed by atoms with E-state index in [9.17, 15) is 9.59 Å². The van der Waals surface area contributed by atoms with Crippen LogP contribution in [0.2, 0.25) is 0 Å². The maximum Gasteiger partial charge on any atom is 0.265 e. The number of rotatable bonds is 6. The van der Waals surface area contributed by atoms with E-state index >= 15 is 0 Å². The molecule has 1 atom stereocenters. The van der Waals surface area contributed by atoms with Crippen molar-refractivity contribution in [3.63, 3.8) is 0 Å². The van der Waals surface area contributed by atoms with E-state index in [4.69, 9.17) is 0 Å². The SMILES string of the molecule is CCC(C)NC(=O)c1cc(NC(=O)c2cccs2)ccc1N1CCCCC1. The summed E-state index contributed by atoms with van der Waals surface area (Å²) in [5, 5.41) is 7.84. The van der Waals surface area contributed by atoms with Crippen LogP contribution in [-0.4, -0.2) is 30.9 Å². The third-order valence-corrected chi connectivity index (χ3v) is 5.80. The Bertz CT molecular complexity index is 783. The Morgan fingerprint density at radius 1 is 1.15 bits per heavy atom. The average Bonchev–Trinajstić information content (AvgIpc) is 3.23. The summed E-state index contributed by atoms with van der Waals surface area (Å²) < 4.78 is 0. The van der Waals surface area contributed by atoms with Gasteiger partial charge in [-0.1, -0.05) is 13.0 Å². The van der Waals surface area contributed by atoms with Crippen LogP contribution >= 0.6 is 11.3 Å². The molecule has 3 rings (SSSR count). The number of amides is 2. The van der Waals surface area contributed by atoms with Gasteiger partial charge in [-0.15, -0.1) is 11.3 Å². The smallest absolute Gasteiger partial charge is 0.265 e. The number of carbonyl (C=O) groups excluding carboxylic acids is 2. The van der Waals surface area contributed by atoms with Gasteiger partial charge in [0, 0.05) is 30.5 Å². The second-order valence-corrected chi connectivity index (χ2v) is 7.94. The van der Waals surface area contributed by atoms with Crippen molar-refractivity contribution in [1.29, 1.82) is 0 Å². The van der Waals surface area contributed by atoms with Gasteiger partial charge >= 0.3 is 0 Å². The number of piperidine rings is 1. The summed E-state index contributed by atoms with van der Waals surface area (Å²) in [4.78, 5) is 28.2. The van der Waals surface area contributed by atoms with Crippen LogP contribution in [0.3, 0.4) is 0 Å². The zero-order chi connectivity index (χ0) is 19.2. The van der Waals surface area contributed by atoms with E-state index in [1.807, 2.05) is 37.4 Å². The molecule has 0 spiro atoms. The van der Waals surface area contributed by atoms with E-state index in [1.165, 1.54) is 17.8 Å². The van der Waals surface area contributed by atoms with Gasteiger partial charge in [0.25, 0.3) is 11.8 Å². The first-order valence-electron chi connectivity index (χ1n) is 9.63. The lowest BCUT2D eigenvalue weighted by Gasteiger charge is -2.31. The molecule has 1 aromatic carbocycles. The van der Waals surface area contributed by atoms with Gasteiger partial charge < -0.3 is 15.5 Å². The predicted octanol–water partition coefficient (Wildman–Crippen LogP) is 4.52. The Labute approximate surface area is 164 Å². The monoisotopic (exact) mass is 385 g/mol. The molecule has 1 aliphatic rings. The van der Waals surface area contributed by atoms with Crippen molar-refractivity contribution in [1.82, 2.24) is 5.32 Å². The van der Waals surface area contributed by atoms with Crippen LogP contribution < -0.4 is 15.5 Å². The zero-order valence-corrected chi connectivity index (χ0v) is 16.8. The number of hydrogen-bond donors (Lipinski definition) is 2. The third-order valence-electron chi connectivity index (χ3n) is 4.93. The van der Waals surface area contributed by atoms with E-state index in [0.717, 1.165) is 38.0 Å². The van der Waals surface area contributed by atoms with Crippen molar-refractivity contribution in [2.45, 2.75) is 45.6 Å². The molecule has 0 radical (unpaired) electrons. The molecule has 0 bridgehead atoms. The Kier molecular flexibility index (Phi) is 6.50. The van der Waals surface area contributed by atoms with Crippen molar-refractivity contribution in [2.75, 3.05) is 23.3 Å². The first-order valence-corrected chi connectivity index (χ1v) is 10.5. The second-order valence-electron chi connectivity index (χ2n) is 6.99. The molecule has 1 fully saturated rings. The van der Waals surface area contributed by atoms with Gasteiger partial charge in [0.2, 0.25) is 0 Å². The highest BCUT2D eigenvalue weighted by Gasteiger charge is 2.20. The standard InChI is InChI=1S/C21H27N3O2S/c1-3-15(2)22-20(25)17-14-16(23-21(26)19-8-7-13-27-19)9-10-18(17)24-11-5-4-6-12-24/h7-10,13-15H,3-6,11-12H2,1-2H3,(H,22,25)(H,23,26). The molecule has 1 aromatic heterocycles. The number of nitrogens with one attached hydrogen (secondary N) is 2. The van der Waals surface area contributed by atoms with Gasteiger partial charge in [0.05, 0.1) is 10.4 Å². The molecular weight excluding hydrogens is 358 g/mol. The van der Waals surface area contributed by atoms with E-state index < -0.39 is 0 Å². The highest BCUT2D eigenvalue weighted by atomic mass is 32.1. The lowest BCUT2D eigenvalue weighted by Crippen LogP contribution is -2.35. The molecule has 2 amide bonds. The number of benzene rings is 1. The van der Waals surface area contributed by atoms with Gasteiger partial charge in [-0.25, -0.2) is 0 Å². The van der Waals surface area contributed by atoms with Crippen molar-refractivity contribution in [2.24, 2.45) is 0 Å². The largest absolute Gasteiger partial charge is 0.371 e. The summed E-state index contributed by atoms with van der Waals surface area (Å²) in [6.07, 6.45) is 4.39. The van der Waals surface area contributed by atoms with Crippen LogP contribution in [-0.2, 0) is 0 Å². The van der Waals surface area contributed by atoms with E-state index in [0.29, 0.717) is 16.1 Å². The molecule has 2 N–H and O–H groups in total. The molecule has 6 heteroatoms. The lowest BCUT2D eigenvalue weighted by molar-refractivity contribution is 0.0938. The Morgan fingerprint density at radius 2 is 1.93 bits per heavy atom. The maximum atomic E-state index is 12.9. The average molecular weight is 386 g/mol. The summed E-state index contributed by atoms with van der Waals surface area (Å²) in [5.74, 6) is -0.235. The van der Waals surface area contributed by atoms with Crippen molar-refractivity contribution < 1.29 is 9.59 Å². The molecule has 144 valence electrons. The number of carbonyl (C=O) groups is 2. The van der Waals surface area contributed by atoms with Gasteiger partial charge in [-0.05, 0) is 62.3 Å². The van der Waals surface area contributed by atoms with Crippen LogP contribution in [0, 0.1) is 0 Å². The normalized spacial score (nSPS) is 15.3. The minimum absolute atomic E-state index is 0.0860. The highest BCUT2D eigenvalue weighted by molar-refractivity contribution is 7.12. The summed E-state index contributed by atoms with van der Waals surface area (Å²) in [5.41, 5.74) is 2.22. The minimum atomic E-state index is -0.149. The Morgan fingerprint density at radius 3 is 2.59 bits per heavy atom. The first-order chi connectivity index (χ1) is 13.1. The van der Waals surface area contributed by atoms with Crippen LogP contribution in [0.1, 0.15) is 59.6 Å². The van der Waals surface area contributed by atoms with Crippen LogP contribution in [0.15, 0.2) is 35.7 Å². The summed E-state index contributed by atoms with van der Waals surface area (Å²) >= 11 is 1.40. The molecular formula is C21H27N3O2S. The van der Waals surface area contributed by atoms with Crippen molar-refractivity contribution >= 4 is 34.5 Å². The van der Waals surface area contributed by atoms with Crippen molar-refractivity contribution in [3.8, 4) is 0 Å². The molecule has 1 unspecified atom stereocenters. The van der Waals surface area contributed by atoms with Crippen LogP contribution in [0.25, 0.3) is 0 Å². The molecule has 0 saturated carbocycles. The third kappa shape index (κ3) is 4.89. The Hall–Kier alpha value is -2.34. The predicted molar refractivity (Wildman–Crippen MR) is 112 cm³/mol. The van der Waals surface area contributed by atoms with Gasteiger partial charge in [-0.3, -0.25) is 9.59 Å².